The van der Waals surface area contributed by atoms with E-state index in [9.17, 15) is 13.2 Å². The van der Waals surface area contributed by atoms with E-state index >= 15 is 0 Å². The minimum atomic E-state index is -3.27. The molecule has 1 N–H and O–H groups in total. The van der Waals surface area contributed by atoms with Crippen LogP contribution in [-0.4, -0.2) is 37.1 Å². The number of piperidine rings is 1. The Labute approximate surface area is 155 Å². The van der Waals surface area contributed by atoms with E-state index in [4.69, 9.17) is 0 Å². The number of fused-ring (bicyclic) bond motifs is 1. The second kappa shape index (κ2) is 6.83. The molecule has 0 radical (unpaired) electrons. The molecule has 1 saturated carbocycles. The molecule has 2 saturated heterocycles. The van der Waals surface area contributed by atoms with Crippen molar-refractivity contribution in [3.63, 3.8) is 0 Å². The highest BCUT2D eigenvalue weighted by molar-refractivity contribution is 7.93. The Hall–Kier alpha value is -1.63. The first-order chi connectivity index (χ1) is 12.4. The van der Waals surface area contributed by atoms with E-state index in [1.165, 1.54) is 23.6 Å². The van der Waals surface area contributed by atoms with Crippen molar-refractivity contribution in [3.05, 3.63) is 23.9 Å². The Bertz CT molecular complexity index is 778. The van der Waals surface area contributed by atoms with Gasteiger partial charge in [-0.1, -0.05) is 18.9 Å². The lowest BCUT2D eigenvalue weighted by Crippen LogP contribution is -2.51. The van der Waals surface area contributed by atoms with Gasteiger partial charge in [0.15, 0.2) is 0 Å². The molecule has 3 aliphatic rings. The van der Waals surface area contributed by atoms with Gasteiger partial charge in [-0.25, -0.2) is 13.4 Å². The highest BCUT2D eigenvalue weighted by Gasteiger charge is 2.38. The zero-order valence-corrected chi connectivity index (χ0v) is 16.0. The number of nitrogens with zero attached hydrogens (tertiary/aromatic N) is 2. The summed E-state index contributed by atoms with van der Waals surface area (Å²) in [6, 6.07) is 4.06. The summed E-state index contributed by atoms with van der Waals surface area (Å²) in [5.74, 6) is 1.25. The maximum absolute atomic E-state index is 12.4. The predicted molar refractivity (Wildman–Crippen MR) is 100 cm³/mol. The monoisotopic (exact) mass is 377 g/mol. The van der Waals surface area contributed by atoms with Gasteiger partial charge in [-0.05, 0) is 56.6 Å². The molecule has 4 rings (SSSR count). The summed E-state index contributed by atoms with van der Waals surface area (Å²) in [6.07, 6.45) is 8.80. The van der Waals surface area contributed by atoms with Crippen LogP contribution in [0.1, 0.15) is 51.0 Å². The molecule has 2 aliphatic heterocycles. The fraction of sp³-hybridized carbons (Fsp3) is 0.684. The highest BCUT2D eigenvalue weighted by atomic mass is 32.2. The van der Waals surface area contributed by atoms with E-state index in [0.717, 1.165) is 18.4 Å². The second-order valence-electron chi connectivity index (χ2n) is 8.04. The molecule has 6 nitrogen and oxygen atoms in total. The Balaban J connectivity index is 1.44. The fourth-order valence-corrected chi connectivity index (χ4v) is 6.20. The van der Waals surface area contributed by atoms with Gasteiger partial charge in [0.2, 0.25) is 15.9 Å². The minimum absolute atomic E-state index is 0.00228. The Morgan fingerprint density at radius 2 is 2.04 bits per heavy atom. The van der Waals surface area contributed by atoms with Crippen molar-refractivity contribution < 1.29 is 13.2 Å². The molecule has 4 atom stereocenters. The number of aromatic nitrogens is 1. The summed E-state index contributed by atoms with van der Waals surface area (Å²) < 4.78 is 26.0. The van der Waals surface area contributed by atoms with Crippen molar-refractivity contribution in [2.45, 2.75) is 63.2 Å². The van der Waals surface area contributed by atoms with Gasteiger partial charge in [-0.15, -0.1) is 0 Å². The summed E-state index contributed by atoms with van der Waals surface area (Å²) in [5, 5.41) is 2.86. The van der Waals surface area contributed by atoms with Crippen LogP contribution < -0.4 is 9.62 Å². The second-order valence-corrected chi connectivity index (χ2v) is 10.3. The molecule has 26 heavy (non-hydrogen) atoms. The summed E-state index contributed by atoms with van der Waals surface area (Å²) >= 11 is 0. The normalized spacial score (nSPS) is 33.6. The van der Waals surface area contributed by atoms with Crippen LogP contribution >= 0.6 is 0 Å². The lowest BCUT2D eigenvalue weighted by atomic mass is 9.74. The topological polar surface area (TPSA) is 79.4 Å². The molecule has 3 unspecified atom stereocenters. The van der Waals surface area contributed by atoms with Crippen molar-refractivity contribution in [3.8, 4) is 0 Å². The number of rotatable bonds is 3. The van der Waals surface area contributed by atoms with Gasteiger partial charge in [0.05, 0.1) is 5.25 Å². The van der Waals surface area contributed by atoms with Crippen LogP contribution in [-0.2, 0) is 21.2 Å². The predicted octanol–water partition coefficient (Wildman–Crippen LogP) is 2.25. The summed E-state index contributed by atoms with van der Waals surface area (Å²) in [7, 11) is -3.27. The molecule has 3 fully saturated rings. The number of carbonyl (C=O) groups is 1. The van der Waals surface area contributed by atoms with Gasteiger partial charge in [-0.3, -0.25) is 9.10 Å². The minimum Gasteiger partial charge on any atom is -0.353 e. The molecular formula is C19H27N3O3S. The number of hydrogen-bond acceptors (Lipinski definition) is 4. The number of sulfonamides is 1. The molecule has 1 aromatic heterocycles. The Kier molecular flexibility index (Phi) is 4.67. The van der Waals surface area contributed by atoms with Crippen molar-refractivity contribution in [2.24, 2.45) is 11.8 Å². The van der Waals surface area contributed by atoms with Crippen molar-refractivity contribution in [1.29, 1.82) is 0 Å². The van der Waals surface area contributed by atoms with Gasteiger partial charge in [0.1, 0.15) is 5.82 Å². The molecule has 1 aliphatic carbocycles. The first kappa shape index (κ1) is 17.8. The van der Waals surface area contributed by atoms with Crippen LogP contribution in [0.3, 0.4) is 0 Å². The maximum Gasteiger partial charge on any atom is 0.238 e. The first-order valence-electron chi connectivity index (χ1n) is 9.72. The standard InChI is InChI=1S/C19H27N3O3S/c1-13-8-9-22(26(13,24)25)18-7-6-14(12-20-18)10-16-11-15-4-2-3-5-17(15)21-19(16)23/h6-7,12-13,15-17H,2-5,8-11H2,1H3,(H,21,23)/t13-,15?,16?,17?/m1/s1. The van der Waals surface area contributed by atoms with E-state index < -0.39 is 10.0 Å². The molecule has 1 aromatic rings. The summed E-state index contributed by atoms with van der Waals surface area (Å²) in [6.45, 7) is 2.23. The van der Waals surface area contributed by atoms with Gasteiger partial charge >= 0.3 is 0 Å². The number of amides is 1. The third kappa shape index (κ3) is 3.21. The smallest absolute Gasteiger partial charge is 0.238 e. The number of hydrogen-bond donors (Lipinski definition) is 1. The van der Waals surface area contributed by atoms with Crippen LogP contribution in [0.2, 0.25) is 0 Å². The van der Waals surface area contributed by atoms with Crippen molar-refractivity contribution >= 4 is 21.7 Å². The van der Waals surface area contributed by atoms with Crippen LogP contribution in [0.5, 0.6) is 0 Å². The number of anilines is 1. The van der Waals surface area contributed by atoms with E-state index in [1.807, 2.05) is 6.07 Å². The number of carbonyl (C=O) groups excluding carboxylic acids is 1. The zero-order chi connectivity index (χ0) is 18.3. The lowest BCUT2D eigenvalue weighted by Gasteiger charge is -2.39. The third-order valence-electron chi connectivity index (χ3n) is 6.30. The molecular weight excluding hydrogens is 350 g/mol. The van der Waals surface area contributed by atoms with Gasteiger partial charge in [-0.2, -0.15) is 0 Å². The molecule has 7 heteroatoms. The zero-order valence-electron chi connectivity index (χ0n) is 15.2. The van der Waals surface area contributed by atoms with Gasteiger partial charge < -0.3 is 5.32 Å². The van der Waals surface area contributed by atoms with Crippen LogP contribution in [0.25, 0.3) is 0 Å². The summed E-state index contributed by atoms with van der Waals surface area (Å²) in [4.78, 5) is 16.8. The average Bonchev–Trinajstić information content (AvgIpc) is 2.89. The van der Waals surface area contributed by atoms with Crippen LogP contribution in [0.4, 0.5) is 5.82 Å². The van der Waals surface area contributed by atoms with Gasteiger partial charge in [0, 0.05) is 24.7 Å². The van der Waals surface area contributed by atoms with E-state index in [1.54, 1.807) is 19.2 Å². The van der Waals surface area contributed by atoms with Crippen LogP contribution in [0.15, 0.2) is 18.3 Å². The largest absolute Gasteiger partial charge is 0.353 e. The number of nitrogens with one attached hydrogen (secondary N) is 1. The SMILES string of the molecule is C[C@@H]1CCN(c2ccc(CC3CC4CCCCC4NC3=O)cn2)S1(=O)=O. The molecule has 1 amide bonds. The molecule has 0 aromatic carbocycles. The number of pyridine rings is 1. The van der Waals surface area contributed by atoms with Gasteiger partial charge in [0.25, 0.3) is 0 Å². The molecule has 0 bridgehead atoms. The molecule has 0 spiro atoms. The van der Waals surface area contributed by atoms with E-state index in [0.29, 0.717) is 37.2 Å². The molecule has 3 heterocycles. The van der Waals surface area contributed by atoms with E-state index in [-0.39, 0.29) is 17.1 Å². The maximum atomic E-state index is 12.4. The summed E-state index contributed by atoms with van der Waals surface area (Å²) in [5.41, 5.74) is 0.993. The van der Waals surface area contributed by atoms with E-state index in [2.05, 4.69) is 10.3 Å². The quantitative estimate of drug-likeness (QED) is 0.876. The van der Waals surface area contributed by atoms with Crippen molar-refractivity contribution in [2.75, 3.05) is 10.8 Å². The Morgan fingerprint density at radius 3 is 2.73 bits per heavy atom. The average molecular weight is 378 g/mol. The Morgan fingerprint density at radius 1 is 1.23 bits per heavy atom. The first-order valence-corrected chi connectivity index (χ1v) is 11.2. The lowest BCUT2D eigenvalue weighted by molar-refractivity contribution is -0.129. The fourth-order valence-electron chi connectivity index (χ4n) is 4.64. The van der Waals surface area contributed by atoms with Crippen molar-refractivity contribution in [1.82, 2.24) is 10.3 Å². The molecule has 142 valence electrons. The third-order valence-corrected chi connectivity index (χ3v) is 8.53. The van der Waals surface area contributed by atoms with Crippen LogP contribution in [0, 0.1) is 11.8 Å². The highest BCUT2D eigenvalue weighted by Crippen LogP contribution is 2.34.